The minimum atomic E-state index is -0.467. The van der Waals surface area contributed by atoms with Crippen molar-refractivity contribution in [2.75, 3.05) is 6.54 Å². The molecule has 2 heterocycles. The predicted molar refractivity (Wildman–Crippen MR) is 65.9 cm³/mol. The van der Waals surface area contributed by atoms with E-state index in [4.69, 9.17) is 4.52 Å². The summed E-state index contributed by atoms with van der Waals surface area (Å²) in [6.45, 7) is 5.44. The van der Waals surface area contributed by atoms with E-state index >= 15 is 0 Å². The number of rotatable bonds is 6. The summed E-state index contributed by atoms with van der Waals surface area (Å²) < 4.78 is 6.78. The third-order valence-electron chi connectivity index (χ3n) is 2.82. The summed E-state index contributed by atoms with van der Waals surface area (Å²) in [5.74, 6) is 0.821. The summed E-state index contributed by atoms with van der Waals surface area (Å²) in [7, 11) is 0. The van der Waals surface area contributed by atoms with Crippen LogP contribution >= 0.6 is 0 Å². The quantitative estimate of drug-likeness (QED) is 0.786. The monoisotopic (exact) mass is 250 g/mol. The van der Waals surface area contributed by atoms with Gasteiger partial charge in [0.1, 0.15) is 5.76 Å². The molecule has 2 aromatic heterocycles. The van der Waals surface area contributed by atoms with Gasteiger partial charge in [0.05, 0.1) is 18.3 Å². The second kappa shape index (κ2) is 5.79. The van der Waals surface area contributed by atoms with Gasteiger partial charge in [0.2, 0.25) is 0 Å². The first-order chi connectivity index (χ1) is 8.66. The number of aliphatic hydroxyl groups excluding tert-OH is 1. The van der Waals surface area contributed by atoms with Crippen LogP contribution in [0.25, 0.3) is 0 Å². The van der Waals surface area contributed by atoms with Crippen LogP contribution in [0.2, 0.25) is 0 Å². The minimum Gasteiger partial charge on any atom is -0.390 e. The van der Waals surface area contributed by atoms with Crippen LogP contribution in [0.1, 0.15) is 17.0 Å². The van der Waals surface area contributed by atoms with Crippen LogP contribution in [0.15, 0.2) is 23.0 Å². The molecule has 2 aromatic rings. The molecule has 0 bridgehead atoms. The van der Waals surface area contributed by atoms with Gasteiger partial charge in [-0.25, -0.2) is 0 Å². The van der Waals surface area contributed by atoms with Crippen molar-refractivity contribution in [2.24, 2.45) is 0 Å². The maximum Gasteiger partial charge on any atom is 0.138 e. The van der Waals surface area contributed by atoms with Gasteiger partial charge in [-0.05, 0) is 19.9 Å². The average Bonchev–Trinajstić information content (AvgIpc) is 2.93. The van der Waals surface area contributed by atoms with Gasteiger partial charge in [0.25, 0.3) is 0 Å². The van der Waals surface area contributed by atoms with Crippen LogP contribution in [-0.4, -0.2) is 32.7 Å². The van der Waals surface area contributed by atoms with Gasteiger partial charge >= 0.3 is 0 Å². The van der Waals surface area contributed by atoms with E-state index in [1.807, 2.05) is 26.1 Å². The molecule has 0 saturated carbocycles. The van der Waals surface area contributed by atoms with Crippen LogP contribution in [-0.2, 0) is 13.1 Å². The van der Waals surface area contributed by atoms with Crippen LogP contribution in [0, 0.1) is 13.8 Å². The highest BCUT2D eigenvalue weighted by molar-refractivity contribution is 5.20. The van der Waals surface area contributed by atoms with Crippen LogP contribution in [0.5, 0.6) is 0 Å². The maximum atomic E-state index is 9.83. The Morgan fingerprint density at radius 1 is 1.50 bits per heavy atom. The molecule has 0 aliphatic rings. The van der Waals surface area contributed by atoms with Crippen molar-refractivity contribution in [3.05, 3.63) is 35.5 Å². The summed E-state index contributed by atoms with van der Waals surface area (Å²) >= 11 is 0. The van der Waals surface area contributed by atoms with Gasteiger partial charge in [-0.3, -0.25) is 4.68 Å². The zero-order valence-electron chi connectivity index (χ0n) is 10.6. The highest BCUT2D eigenvalue weighted by atomic mass is 16.5. The number of hydrogen-bond acceptors (Lipinski definition) is 5. The molecular weight excluding hydrogens is 232 g/mol. The van der Waals surface area contributed by atoms with Crippen LogP contribution in [0.3, 0.4) is 0 Å². The third-order valence-corrected chi connectivity index (χ3v) is 2.82. The summed E-state index contributed by atoms with van der Waals surface area (Å²) in [4.78, 5) is 0. The minimum absolute atomic E-state index is 0.467. The van der Waals surface area contributed by atoms with Gasteiger partial charge in [-0.15, -0.1) is 0 Å². The molecule has 18 heavy (non-hydrogen) atoms. The van der Waals surface area contributed by atoms with Crippen molar-refractivity contribution >= 4 is 0 Å². The molecule has 0 spiro atoms. The highest BCUT2D eigenvalue weighted by Gasteiger charge is 2.10. The van der Waals surface area contributed by atoms with E-state index in [0.29, 0.717) is 19.6 Å². The first kappa shape index (κ1) is 12.8. The van der Waals surface area contributed by atoms with E-state index in [-0.39, 0.29) is 0 Å². The van der Waals surface area contributed by atoms with E-state index in [9.17, 15) is 5.11 Å². The summed E-state index contributed by atoms with van der Waals surface area (Å²) in [6, 6.07) is 1.84. The number of aliphatic hydroxyl groups is 1. The molecule has 0 amide bonds. The lowest BCUT2D eigenvalue weighted by Crippen LogP contribution is -2.30. The zero-order chi connectivity index (χ0) is 13.0. The van der Waals surface area contributed by atoms with Crippen molar-refractivity contribution in [1.29, 1.82) is 0 Å². The number of nitrogens with zero attached hydrogens (tertiary/aromatic N) is 3. The molecule has 0 aromatic carbocycles. The molecule has 0 fully saturated rings. The van der Waals surface area contributed by atoms with Crippen LogP contribution in [0.4, 0.5) is 0 Å². The van der Waals surface area contributed by atoms with E-state index < -0.39 is 6.10 Å². The summed E-state index contributed by atoms with van der Waals surface area (Å²) in [6.07, 6.45) is 3.06. The topological polar surface area (TPSA) is 76.1 Å². The Bertz CT molecular complexity index is 459. The predicted octanol–water partition coefficient (Wildman–Crippen LogP) is 0.639. The summed E-state index contributed by atoms with van der Waals surface area (Å²) in [5.41, 5.74) is 1.95. The molecule has 98 valence electrons. The lowest BCUT2D eigenvalue weighted by Gasteiger charge is -2.11. The Kier molecular flexibility index (Phi) is 4.11. The normalized spacial score (nSPS) is 12.8. The molecule has 6 nitrogen and oxygen atoms in total. The van der Waals surface area contributed by atoms with Crippen molar-refractivity contribution < 1.29 is 9.63 Å². The molecule has 2 N–H and O–H groups in total. The van der Waals surface area contributed by atoms with Crippen LogP contribution < -0.4 is 5.32 Å². The summed E-state index contributed by atoms with van der Waals surface area (Å²) in [5, 5.41) is 20.9. The number of nitrogens with one attached hydrogen (secondary N) is 1. The molecule has 0 radical (unpaired) electrons. The van der Waals surface area contributed by atoms with E-state index in [1.165, 1.54) is 0 Å². The Hall–Kier alpha value is -1.66. The maximum absolute atomic E-state index is 9.83. The average molecular weight is 250 g/mol. The van der Waals surface area contributed by atoms with Gasteiger partial charge in [0.15, 0.2) is 0 Å². The van der Waals surface area contributed by atoms with E-state index in [1.54, 1.807) is 10.9 Å². The molecule has 6 heteroatoms. The number of aryl methyl sites for hydroxylation is 2. The third kappa shape index (κ3) is 3.18. The Labute approximate surface area is 106 Å². The van der Waals surface area contributed by atoms with Crippen molar-refractivity contribution in [3.63, 3.8) is 0 Å². The first-order valence-electron chi connectivity index (χ1n) is 5.94. The fourth-order valence-corrected chi connectivity index (χ4v) is 1.81. The number of aromatic nitrogens is 3. The SMILES string of the molecule is Cc1noc(C)c1CNCC(O)Cn1cccn1. The smallest absolute Gasteiger partial charge is 0.138 e. The lowest BCUT2D eigenvalue weighted by molar-refractivity contribution is 0.146. The molecule has 1 unspecified atom stereocenters. The number of hydrogen-bond donors (Lipinski definition) is 2. The van der Waals surface area contributed by atoms with Gasteiger partial charge in [-0.2, -0.15) is 5.10 Å². The van der Waals surface area contributed by atoms with Gasteiger partial charge < -0.3 is 14.9 Å². The molecule has 2 rings (SSSR count). The Morgan fingerprint density at radius 3 is 2.94 bits per heavy atom. The lowest BCUT2D eigenvalue weighted by atomic mass is 10.2. The molecule has 0 aliphatic heterocycles. The second-order valence-corrected chi connectivity index (χ2v) is 4.32. The van der Waals surface area contributed by atoms with Crippen molar-refractivity contribution in [1.82, 2.24) is 20.3 Å². The van der Waals surface area contributed by atoms with Gasteiger partial charge in [-0.1, -0.05) is 5.16 Å². The second-order valence-electron chi connectivity index (χ2n) is 4.32. The Morgan fingerprint density at radius 2 is 2.33 bits per heavy atom. The molecule has 0 saturated heterocycles. The van der Waals surface area contributed by atoms with Gasteiger partial charge in [0, 0.05) is 31.0 Å². The molecule has 0 aliphatic carbocycles. The van der Waals surface area contributed by atoms with Crippen molar-refractivity contribution in [3.8, 4) is 0 Å². The zero-order valence-corrected chi connectivity index (χ0v) is 10.6. The fourth-order valence-electron chi connectivity index (χ4n) is 1.81. The molecule has 1 atom stereocenters. The van der Waals surface area contributed by atoms with E-state index in [0.717, 1.165) is 17.0 Å². The fraction of sp³-hybridized carbons (Fsp3) is 0.500. The Balaban J connectivity index is 1.75. The van der Waals surface area contributed by atoms with E-state index in [2.05, 4.69) is 15.6 Å². The highest BCUT2D eigenvalue weighted by Crippen LogP contribution is 2.11. The molecular formula is C12H18N4O2. The standard InChI is InChI=1S/C12H18N4O2/c1-9-12(10(2)18-15-9)7-13-6-11(17)8-16-5-3-4-14-16/h3-5,11,13,17H,6-8H2,1-2H3. The first-order valence-corrected chi connectivity index (χ1v) is 5.94. The van der Waals surface area contributed by atoms with Crippen molar-refractivity contribution in [2.45, 2.75) is 33.0 Å². The largest absolute Gasteiger partial charge is 0.390 e.